The van der Waals surface area contributed by atoms with Gasteiger partial charge in [-0.15, -0.1) is 0 Å². The molecule has 0 aliphatic carbocycles. The zero-order chi connectivity index (χ0) is 14.7. The van der Waals surface area contributed by atoms with Crippen molar-refractivity contribution in [2.45, 2.75) is 18.9 Å². The normalized spacial score (nSPS) is 17.2. The van der Waals surface area contributed by atoms with Gasteiger partial charge in [-0.25, -0.2) is 0 Å². The lowest BCUT2D eigenvalue weighted by Crippen LogP contribution is -2.43. The molecular formula is C13H16Br3N3O. The smallest absolute Gasteiger partial charge is 0.238 e. The number of amides is 1. The van der Waals surface area contributed by atoms with Crippen molar-refractivity contribution in [1.82, 2.24) is 4.90 Å². The Morgan fingerprint density at radius 3 is 2.35 bits per heavy atom. The molecule has 0 aromatic heterocycles. The van der Waals surface area contributed by atoms with Crippen molar-refractivity contribution < 1.29 is 4.79 Å². The zero-order valence-corrected chi connectivity index (χ0v) is 15.6. The minimum absolute atomic E-state index is 0.0100. The average Bonchev–Trinajstić information content (AvgIpc) is 2.36. The number of benzene rings is 1. The molecule has 1 aromatic carbocycles. The molecule has 1 saturated heterocycles. The van der Waals surface area contributed by atoms with Crippen molar-refractivity contribution in [3.8, 4) is 0 Å². The van der Waals surface area contributed by atoms with Crippen LogP contribution in [-0.4, -0.2) is 36.5 Å². The van der Waals surface area contributed by atoms with E-state index in [1.54, 1.807) is 0 Å². The van der Waals surface area contributed by atoms with Crippen LogP contribution in [0.15, 0.2) is 25.6 Å². The van der Waals surface area contributed by atoms with Crippen LogP contribution in [0, 0.1) is 0 Å². The first kappa shape index (κ1) is 16.4. The van der Waals surface area contributed by atoms with Crippen LogP contribution < -0.4 is 11.1 Å². The van der Waals surface area contributed by atoms with Crippen LogP contribution in [0.3, 0.4) is 0 Å². The van der Waals surface area contributed by atoms with Crippen LogP contribution in [0.1, 0.15) is 12.8 Å². The zero-order valence-electron chi connectivity index (χ0n) is 10.8. The largest absolute Gasteiger partial charge is 0.328 e. The van der Waals surface area contributed by atoms with Crippen LogP contribution in [0.2, 0.25) is 0 Å². The van der Waals surface area contributed by atoms with E-state index >= 15 is 0 Å². The molecule has 0 radical (unpaired) electrons. The molecule has 2 rings (SSSR count). The van der Waals surface area contributed by atoms with Crippen LogP contribution >= 0.6 is 47.8 Å². The van der Waals surface area contributed by atoms with Gasteiger partial charge in [0, 0.05) is 32.5 Å². The number of hydrogen-bond donors (Lipinski definition) is 2. The highest BCUT2D eigenvalue weighted by Gasteiger charge is 2.19. The maximum absolute atomic E-state index is 12.1. The lowest BCUT2D eigenvalue weighted by Gasteiger charge is -2.29. The molecule has 1 aliphatic rings. The molecule has 0 atom stereocenters. The maximum atomic E-state index is 12.1. The number of carbonyl (C=O) groups is 1. The second-order valence-corrected chi connectivity index (χ2v) is 7.53. The van der Waals surface area contributed by atoms with E-state index in [1.165, 1.54) is 0 Å². The Labute approximate surface area is 143 Å². The molecule has 110 valence electrons. The molecule has 1 aliphatic heterocycles. The van der Waals surface area contributed by atoms with E-state index in [2.05, 4.69) is 58.0 Å². The fourth-order valence-corrected chi connectivity index (χ4v) is 4.61. The summed E-state index contributed by atoms with van der Waals surface area (Å²) in [5, 5.41) is 2.94. The van der Waals surface area contributed by atoms with Gasteiger partial charge in [-0.3, -0.25) is 9.69 Å². The molecule has 4 nitrogen and oxygen atoms in total. The first-order valence-electron chi connectivity index (χ1n) is 6.38. The Morgan fingerprint density at radius 2 is 1.80 bits per heavy atom. The van der Waals surface area contributed by atoms with Gasteiger partial charge in [-0.1, -0.05) is 15.9 Å². The van der Waals surface area contributed by atoms with Gasteiger partial charge in [-0.2, -0.15) is 0 Å². The molecular weight excluding hydrogens is 454 g/mol. The molecule has 3 N–H and O–H groups in total. The molecule has 0 bridgehead atoms. The summed E-state index contributed by atoms with van der Waals surface area (Å²) in [4.78, 5) is 14.3. The molecule has 0 unspecified atom stereocenters. The fourth-order valence-electron chi connectivity index (χ4n) is 2.15. The van der Waals surface area contributed by atoms with E-state index in [4.69, 9.17) is 5.73 Å². The molecule has 1 fully saturated rings. The third kappa shape index (κ3) is 4.53. The summed E-state index contributed by atoms with van der Waals surface area (Å²) in [5.41, 5.74) is 6.62. The first-order chi connectivity index (χ1) is 9.45. The summed E-state index contributed by atoms with van der Waals surface area (Å²) in [7, 11) is 0. The number of rotatable bonds is 3. The summed E-state index contributed by atoms with van der Waals surface area (Å²) < 4.78 is 2.62. The Morgan fingerprint density at radius 1 is 1.25 bits per heavy atom. The number of piperidine rings is 1. The van der Waals surface area contributed by atoms with Gasteiger partial charge in [0.05, 0.1) is 12.2 Å². The fraction of sp³-hybridized carbons (Fsp3) is 0.462. The van der Waals surface area contributed by atoms with Gasteiger partial charge in [0.1, 0.15) is 0 Å². The third-order valence-electron chi connectivity index (χ3n) is 3.27. The van der Waals surface area contributed by atoms with E-state index < -0.39 is 0 Å². The predicted octanol–water partition coefficient (Wildman–Crippen LogP) is 3.34. The molecule has 1 aromatic rings. The molecule has 7 heteroatoms. The highest BCUT2D eigenvalue weighted by molar-refractivity contribution is 9.11. The van der Waals surface area contributed by atoms with E-state index in [1.807, 2.05) is 12.1 Å². The standard InChI is InChI=1S/C13H16Br3N3O/c14-8-5-10(15)13(11(16)6-8)18-12(20)7-19-3-1-9(17)2-4-19/h5-6,9H,1-4,7,17H2,(H,18,20). The number of carbonyl (C=O) groups excluding carboxylic acids is 1. The number of likely N-dealkylation sites (tertiary alicyclic amines) is 1. The minimum atomic E-state index is -0.0100. The maximum Gasteiger partial charge on any atom is 0.238 e. The Bertz CT molecular complexity index is 479. The van der Waals surface area contributed by atoms with Crippen LogP contribution in [0.4, 0.5) is 5.69 Å². The number of anilines is 1. The number of hydrogen-bond acceptors (Lipinski definition) is 3. The SMILES string of the molecule is NC1CCN(CC(=O)Nc2c(Br)cc(Br)cc2Br)CC1. The van der Waals surface area contributed by atoms with E-state index in [0.29, 0.717) is 6.54 Å². The van der Waals surface area contributed by atoms with E-state index in [-0.39, 0.29) is 11.9 Å². The second kappa shape index (κ2) is 7.35. The minimum Gasteiger partial charge on any atom is -0.328 e. The Hall–Kier alpha value is 0.0500. The topological polar surface area (TPSA) is 58.4 Å². The van der Waals surface area contributed by atoms with E-state index in [0.717, 1.165) is 45.0 Å². The Balaban J connectivity index is 1.95. The molecule has 1 heterocycles. The van der Waals surface area contributed by atoms with Crippen LogP contribution in [0.5, 0.6) is 0 Å². The van der Waals surface area contributed by atoms with Gasteiger partial charge in [0.15, 0.2) is 0 Å². The van der Waals surface area contributed by atoms with Crippen molar-refractivity contribution in [3.05, 3.63) is 25.6 Å². The predicted molar refractivity (Wildman–Crippen MR) is 91.8 cm³/mol. The summed E-state index contributed by atoms with van der Waals surface area (Å²) in [6, 6.07) is 4.09. The average molecular weight is 470 g/mol. The van der Waals surface area contributed by atoms with Crippen molar-refractivity contribution in [3.63, 3.8) is 0 Å². The molecule has 0 saturated carbocycles. The summed E-state index contributed by atoms with van der Waals surface area (Å²) in [6.07, 6.45) is 1.91. The number of halogens is 3. The molecule has 20 heavy (non-hydrogen) atoms. The molecule has 0 spiro atoms. The van der Waals surface area contributed by atoms with Gasteiger partial charge in [0.2, 0.25) is 5.91 Å². The van der Waals surface area contributed by atoms with Crippen LogP contribution in [0.25, 0.3) is 0 Å². The highest BCUT2D eigenvalue weighted by atomic mass is 79.9. The highest BCUT2D eigenvalue weighted by Crippen LogP contribution is 2.34. The Kier molecular flexibility index (Phi) is 6.04. The second-order valence-electron chi connectivity index (χ2n) is 4.91. The van der Waals surface area contributed by atoms with Crippen molar-refractivity contribution in [2.24, 2.45) is 5.73 Å². The number of nitrogens with one attached hydrogen (secondary N) is 1. The lowest BCUT2D eigenvalue weighted by atomic mass is 10.1. The summed E-state index contributed by atoms with van der Waals surface area (Å²) >= 11 is 10.3. The van der Waals surface area contributed by atoms with Crippen molar-refractivity contribution >= 4 is 59.4 Å². The first-order valence-corrected chi connectivity index (χ1v) is 8.76. The quantitative estimate of drug-likeness (QED) is 0.714. The van der Waals surface area contributed by atoms with Gasteiger partial charge >= 0.3 is 0 Å². The van der Waals surface area contributed by atoms with Crippen LogP contribution in [-0.2, 0) is 4.79 Å². The number of nitrogens with zero attached hydrogens (tertiary/aromatic N) is 1. The van der Waals surface area contributed by atoms with Crippen molar-refractivity contribution in [2.75, 3.05) is 25.0 Å². The third-order valence-corrected chi connectivity index (χ3v) is 4.98. The lowest BCUT2D eigenvalue weighted by molar-refractivity contribution is -0.117. The number of nitrogens with two attached hydrogens (primary N) is 1. The monoisotopic (exact) mass is 467 g/mol. The summed E-state index contributed by atoms with van der Waals surface area (Å²) in [6.45, 7) is 2.18. The van der Waals surface area contributed by atoms with Gasteiger partial charge in [-0.05, 0) is 56.8 Å². The summed E-state index contributed by atoms with van der Waals surface area (Å²) in [5.74, 6) is -0.0100. The van der Waals surface area contributed by atoms with Gasteiger partial charge in [0.25, 0.3) is 0 Å². The van der Waals surface area contributed by atoms with E-state index in [9.17, 15) is 4.79 Å². The molecule has 1 amide bonds. The van der Waals surface area contributed by atoms with Crippen molar-refractivity contribution in [1.29, 1.82) is 0 Å². The van der Waals surface area contributed by atoms with Gasteiger partial charge < -0.3 is 11.1 Å².